The lowest BCUT2D eigenvalue weighted by molar-refractivity contribution is -0.163. The Morgan fingerprint density at radius 1 is 1.26 bits per heavy atom. The molecule has 6 nitrogen and oxygen atoms in total. The van der Waals surface area contributed by atoms with Crippen molar-refractivity contribution in [3.8, 4) is 0 Å². The molecule has 0 aromatic heterocycles. The first-order valence-electron chi connectivity index (χ1n) is 9.05. The zero-order chi connectivity index (χ0) is 19.8. The van der Waals surface area contributed by atoms with Crippen molar-refractivity contribution in [2.75, 3.05) is 5.75 Å². The smallest absolute Gasteiger partial charge is 0.430 e. The second-order valence-electron chi connectivity index (χ2n) is 7.97. The van der Waals surface area contributed by atoms with E-state index in [0.29, 0.717) is 5.75 Å². The molecular weight excluding hydrogens is 366 g/mol. The van der Waals surface area contributed by atoms with E-state index in [1.165, 1.54) is 0 Å². The van der Waals surface area contributed by atoms with Crippen molar-refractivity contribution in [3.05, 3.63) is 35.9 Å². The standard InChI is InChI=1S/C20H25NO5S/c1-12(26-19(24)25-10-13-8-6-5-7-9-13)15-17(23)21-14(11-27-18(15)21)16(22)20(2,3)4/h5-9,12,14-15,18H,10-11H2,1-4H3. The van der Waals surface area contributed by atoms with Gasteiger partial charge in [0.25, 0.3) is 0 Å². The Bertz CT molecular complexity index is 730. The van der Waals surface area contributed by atoms with Crippen LogP contribution in [0.5, 0.6) is 0 Å². The lowest BCUT2D eigenvalue weighted by Crippen LogP contribution is -2.65. The summed E-state index contributed by atoms with van der Waals surface area (Å²) in [6, 6.07) is 8.93. The van der Waals surface area contributed by atoms with Crippen LogP contribution in [-0.4, -0.2) is 46.0 Å². The fraction of sp³-hybridized carbons (Fsp3) is 0.550. The molecule has 2 heterocycles. The van der Waals surface area contributed by atoms with Gasteiger partial charge in [-0.15, -0.1) is 11.8 Å². The highest BCUT2D eigenvalue weighted by molar-refractivity contribution is 8.00. The van der Waals surface area contributed by atoms with E-state index in [9.17, 15) is 14.4 Å². The number of Topliss-reactive ketones (excluding diaryl/α,β-unsaturated/α-hetero) is 1. The molecule has 4 unspecified atom stereocenters. The highest BCUT2D eigenvalue weighted by atomic mass is 32.2. The van der Waals surface area contributed by atoms with Crippen LogP contribution in [-0.2, 0) is 25.7 Å². The third-order valence-electron chi connectivity index (χ3n) is 4.91. The summed E-state index contributed by atoms with van der Waals surface area (Å²) in [6.45, 7) is 7.41. The number of β-lactam (4-membered cyclic amide) rings is 1. The average Bonchev–Trinajstić information content (AvgIpc) is 2.98. The van der Waals surface area contributed by atoms with Crippen LogP contribution in [0, 0.1) is 11.3 Å². The fourth-order valence-electron chi connectivity index (χ4n) is 3.41. The molecule has 7 heteroatoms. The van der Waals surface area contributed by atoms with E-state index in [1.807, 2.05) is 51.1 Å². The van der Waals surface area contributed by atoms with E-state index in [-0.39, 0.29) is 29.7 Å². The van der Waals surface area contributed by atoms with Crippen molar-refractivity contribution in [2.45, 2.75) is 51.8 Å². The quantitative estimate of drug-likeness (QED) is 0.567. The third kappa shape index (κ3) is 3.98. The molecule has 2 fully saturated rings. The lowest BCUT2D eigenvalue weighted by Gasteiger charge is -2.46. The van der Waals surface area contributed by atoms with E-state index in [1.54, 1.807) is 23.6 Å². The zero-order valence-corrected chi connectivity index (χ0v) is 16.8. The van der Waals surface area contributed by atoms with Gasteiger partial charge in [-0.2, -0.15) is 0 Å². The van der Waals surface area contributed by atoms with Crippen LogP contribution in [0.15, 0.2) is 30.3 Å². The Morgan fingerprint density at radius 3 is 2.56 bits per heavy atom. The molecule has 1 aromatic rings. The molecule has 0 saturated carbocycles. The molecule has 0 N–H and O–H groups in total. The number of rotatable bonds is 5. The highest BCUT2D eigenvalue weighted by Gasteiger charge is 2.59. The van der Waals surface area contributed by atoms with Crippen LogP contribution in [0.4, 0.5) is 4.79 Å². The van der Waals surface area contributed by atoms with Crippen molar-refractivity contribution in [1.82, 2.24) is 4.90 Å². The topological polar surface area (TPSA) is 72.9 Å². The maximum atomic E-state index is 12.6. The van der Waals surface area contributed by atoms with Crippen molar-refractivity contribution in [2.24, 2.45) is 11.3 Å². The molecule has 0 bridgehead atoms. The molecule has 0 radical (unpaired) electrons. The average molecular weight is 391 g/mol. The number of benzene rings is 1. The van der Waals surface area contributed by atoms with E-state index in [4.69, 9.17) is 9.47 Å². The summed E-state index contributed by atoms with van der Waals surface area (Å²) >= 11 is 1.57. The van der Waals surface area contributed by atoms with Crippen molar-refractivity contribution in [3.63, 3.8) is 0 Å². The van der Waals surface area contributed by atoms with Crippen molar-refractivity contribution >= 4 is 29.6 Å². The van der Waals surface area contributed by atoms with E-state index < -0.39 is 23.6 Å². The number of carbonyl (C=O) groups excluding carboxylic acids is 3. The normalized spacial score (nSPS) is 25.4. The van der Waals surface area contributed by atoms with Gasteiger partial charge in [0.2, 0.25) is 5.91 Å². The summed E-state index contributed by atoms with van der Waals surface area (Å²) in [5.41, 5.74) is 0.373. The number of ketones is 1. The van der Waals surface area contributed by atoms with Gasteiger partial charge in [-0.3, -0.25) is 9.59 Å². The molecule has 4 atom stereocenters. The summed E-state index contributed by atoms with van der Waals surface area (Å²) in [7, 11) is 0. The number of nitrogens with zero attached hydrogens (tertiary/aromatic N) is 1. The number of fused-ring (bicyclic) bond motifs is 1. The largest absolute Gasteiger partial charge is 0.508 e. The van der Waals surface area contributed by atoms with E-state index in [0.717, 1.165) is 5.56 Å². The van der Waals surface area contributed by atoms with Crippen molar-refractivity contribution in [1.29, 1.82) is 0 Å². The summed E-state index contributed by atoms with van der Waals surface area (Å²) < 4.78 is 10.4. The molecule has 2 aliphatic heterocycles. The van der Waals surface area contributed by atoms with E-state index >= 15 is 0 Å². The van der Waals surface area contributed by atoms with Crippen LogP contribution in [0.2, 0.25) is 0 Å². The molecule has 146 valence electrons. The fourth-order valence-corrected chi connectivity index (χ4v) is 5.05. The third-order valence-corrected chi connectivity index (χ3v) is 6.28. The number of amides is 1. The highest BCUT2D eigenvalue weighted by Crippen LogP contribution is 2.46. The Hall–Kier alpha value is -2.02. The van der Waals surface area contributed by atoms with Gasteiger partial charge < -0.3 is 14.4 Å². The molecule has 0 aliphatic carbocycles. The van der Waals surface area contributed by atoms with Crippen LogP contribution in [0.25, 0.3) is 0 Å². The summed E-state index contributed by atoms with van der Waals surface area (Å²) in [5.74, 6) is 0.0990. The molecule has 1 amide bonds. The number of ether oxygens (including phenoxy) is 2. The maximum Gasteiger partial charge on any atom is 0.508 e. The van der Waals surface area contributed by atoms with Gasteiger partial charge in [0.1, 0.15) is 24.7 Å². The minimum atomic E-state index is -0.789. The number of thioether (sulfide) groups is 1. The monoisotopic (exact) mass is 391 g/mol. The second kappa shape index (κ2) is 7.54. The van der Waals surface area contributed by atoms with Gasteiger partial charge in [0.05, 0.1) is 5.37 Å². The predicted octanol–water partition coefficient (Wildman–Crippen LogP) is 3.24. The maximum absolute atomic E-state index is 12.6. The Labute approximate surface area is 163 Å². The van der Waals surface area contributed by atoms with Gasteiger partial charge in [-0.25, -0.2) is 4.79 Å². The Kier molecular flexibility index (Phi) is 5.51. The summed E-state index contributed by atoms with van der Waals surface area (Å²) in [4.78, 5) is 38.8. The first kappa shape index (κ1) is 19.7. The number of carbonyl (C=O) groups is 3. The SMILES string of the molecule is CC(OC(=O)OCc1ccccc1)C1C(=O)N2C(C(=O)C(C)(C)C)CSC12. The predicted molar refractivity (Wildman–Crippen MR) is 102 cm³/mol. The second-order valence-corrected chi connectivity index (χ2v) is 9.12. The zero-order valence-electron chi connectivity index (χ0n) is 16.0. The Balaban J connectivity index is 1.53. The lowest BCUT2D eigenvalue weighted by atomic mass is 9.83. The van der Waals surface area contributed by atoms with E-state index in [2.05, 4.69) is 0 Å². The van der Waals surface area contributed by atoms with Crippen molar-refractivity contribution < 1.29 is 23.9 Å². The Morgan fingerprint density at radius 2 is 1.93 bits per heavy atom. The molecular formula is C20H25NO5S. The van der Waals surface area contributed by atoms with Crippen LogP contribution < -0.4 is 0 Å². The molecule has 0 spiro atoms. The summed E-state index contributed by atoms with van der Waals surface area (Å²) in [5, 5.41) is -0.120. The molecule has 27 heavy (non-hydrogen) atoms. The van der Waals surface area contributed by atoms with Gasteiger partial charge in [-0.05, 0) is 12.5 Å². The van der Waals surface area contributed by atoms with Gasteiger partial charge in [0.15, 0.2) is 5.78 Å². The van der Waals surface area contributed by atoms with Crippen LogP contribution in [0.1, 0.15) is 33.3 Å². The van der Waals surface area contributed by atoms with Crippen LogP contribution in [0.3, 0.4) is 0 Å². The molecule has 1 aromatic carbocycles. The summed E-state index contributed by atoms with van der Waals surface area (Å²) in [6.07, 6.45) is -1.39. The van der Waals surface area contributed by atoms with Gasteiger partial charge >= 0.3 is 6.16 Å². The minimum Gasteiger partial charge on any atom is -0.430 e. The number of hydrogen-bond acceptors (Lipinski definition) is 6. The molecule has 3 rings (SSSR count). The molecule has 2 aliphatic rings. The minimum absolute atomic E-state index is 0.0696. The first-order chi connectivity index (χ1) is 12.7. The van der Waals surface area contributed by atoms with Gasteiger partial charge in [-0.1, -0.05) is 51.1 Å². The first-order valence-corrected chi connectivity index (χ1v) is 10.1. The van der Waals surface area contributed by atoms with Crippen LogP contribution >= 0.6 is 11.8 Å². The van der Waals surface area contributed by atoms with Gasteiger partial charge in [0, 0.05) is 11.2 Å². The number of hydrogen-bond donors (Lipinski definition) is 0. The molecule has 2 saturated heterocycles.